The Kier molecular flexibility index (Phi) is 5.10. The number of piperazine rings is 1. The number of benzene rings is 1. The van der Waals surface area contributed by atoms with E-state index in [1.807, 2.05) is 9.47 Å². The minimum Gasteiger partial charge on any atom is -0.465 e. The van der Waals surface area contributed by atoms with E-state index in [1.54, 1.807) is 4.90 Å². The largest absolute Gasteiger partial charge is 0.465 e. The standard InChI is InChI=1S/C20H21BrFN3O4/c1-11(26)23-5-7-24(8-6-23)18-15(22)9-13-17(16(18)21)25(12-3-4-12)10-14(19(13)27)20(28)29-2/h9-10,12H,3-8H2,1-2H3. The van der Waals surface area contributed by atoms with Crippen molar-refractivity contribution in [3.8, 4) is 0 Å². The van der Waals surface area contributed by atoms with Crippen molar-refractivity contribution in [2.45, 2.75) is 25.8 Å². The molecule has 1 aliphatic heterocycles. The normalized spacial score (nSPS) is 17.0. The molecule has 0 spiro atoms. The molecule has 4 rings (SSSR count). The summed E-state index contributed by atoms with van der Waals surface area (Å²) in [5.74, 6) is -1.27. The summed E-state index contributed by atoms with van der Waals surface area (Å²) in [6, 6.07) is 1.37. The number of fused-ring (bicyclic) bond motifs is 1. The van der Waals surface area contributed by atoms with Crippen LogP contribution in [0, 0.1) is 5.82 Å². The highest BCUT2D eigenvalue weighted by molar-refractivity contribution is 9.10. The summed E-state index contributed by atoms with van der Waals surface area (Å²) in [6.07, 6.45) is 3.37. The summed E-state index contributed by atoms with van der Waals surface area (Å²) >= 11 is 3.53. The van der Waals surface area contributed by atoms with Gasteiger partial charge in [0.15, 0.2) is 0 Å². The molecule has 1 aromatic heterocycles. The highest BCUT2D eigenvalue weighted by Gasteiger charge is 2.31. The highest BCUT2D eigenvalue weighted by Crippen LogP contribution is 2.42. The van der Waals surface area contributed by atoms with Gasteiger partial charge in [0.2, 0.25) is 11.3 Å². The number of ether oxygens (including phenoxy) is 1. The Morgan fingerprint density at radius 2 is 1.86 bits per heavy atom. The number of pyridine rings is 1. The first-order valence-electron chi connectivity index (χ1n) is 9.49. The first kappa shape index (κ1) is 19.9. The van der Waals surface area contributed by atoms with Gasteiger partial charge in [0.1, 0.15) is 11.4 Å². The van der Waals surface area contributed by atoms with Gasteiger partial charge in [-0.2, -0.15) is 0 Å². The molecule has 1 amide bonds. The van der Waals surface area contributed by atoms with E-state index < -0.39 is 17.2 Å². The topological polar surface area (TPSA) is 71.8 Å². The fourth-order valence-corrected chi connectivity index (χ4v) is 4.72. The molecule has 1 saturated carbocycles. The number of amides is 1. The summed E-state index contributed by atoms with van der Waals surface area (Å²) in [6.45, 7) is 3.53. The molecule has 2 aliphatic rings. The number of carbonyl (C=O) groups is 2. The second kappa shape index (κ2) is 7.44. The third-order valence-electron chi connectivity index (χ3n) is 5.57. The van der Waals surface area contributed by atoms with Crippen molar-refractivity contribution in [3.05, 3.63) is 38.3 Å². The van der Waals surface area contributed by atoms with E-state index in [4.69, 9.17) is 4.74 Å². The van der Waals surface area contributed by atoms with Gasteiger partial charge in [-0.15, -0.1) is 0 Å². The average molecular weight is 466 g/mol. The molecule has 1 aliphatic carbocycles. The molecule has 0 radical (unpaired) electrons. The monoisotopic (exact) mass is 465 g/mol. The van der Waals surface area contributed by atoms with Crippen molar-refractivity contribution < 1.29 is 18.7 Å². The second-order valence-electron chi connectivity index (χ2n) is 7.41. The zero-order valence-corrected chi connectivity index (χ0v) is 17.8. The van der Waals surface area contributed by atoms with E-state index in [-0.39, 0.29) is 22.9 Å². The second-order valence-corrected chi connectivity index (χ2v) is 8.21. The Balaban J connectivity index is 1.87. The zero-order valence-electron chi connectivity index (χ0n) is 16.2. The molecule has 0 bridgehead atoms. The molecular weight excluding hydrogens is 445 g/mol. The average Bonchev–Trinajstić information content (AvgIpc) is 3.53. The predicted octanol–water partition coefficient (Wildman–Crippen LogP) is 2.69. The van der Waals surface area contributed by atoms with Crippen molar-refractivity contribution in [1.82, 2.24) is 9.47 Å². The third-order valence-corrected chi connectivity index (χ3v) is 6.32. The van der Waals surface area contributed by atoms with Crippen LogP contribution in [-0.4, -0.2) is 54.6 Å². The molecule has 29 heavy (non-hydrogen) atoms. The lowest BCUT2D eigenvalue weighted by atomic mass is 10.1. The van der Waals surface area contributed by atoms with E-state index in [9.17, 15) is 14.4 Å². The van der Waals surface area contributed by atoms with Gasteiger partial charge >= 0.3 is 5.97 Å². The maximum absolute atomic E-state index is 15.1. The number of carbonyl (C=O) groups excluding carboxylic acids is 2. The highest BCUT2D eigenvalue weighted by atomic mass is 79.9. The Morgan fingerprint density at radius 3 is 2.41 bits per heavy atom. The predicted molar refractivity (Wildman–Crippen MR) is 110 cm³/mol. The van der Waals surface area contributed by atoms with Gasteiger partial charge in [-0.25, -0.2) is 9.18 Å². The first-order chi connectivity index (χ1) is 13.8. The number of hydrogen-bond donors (Lipinski definition) is 0. The molecule has 7 nitrogen and oxygen atoms in total. The number of methoxy groups -OCH3 is 1. The molecule has 1 saturated heterocycles. The molecule has 0 N–H and O–H groups in total. The first-order valence-corrected chi connectivity index (χ1v) is 10.3. The Morgan fingerprint density at radius 1 is 1.21 bits per heavy atom. The lowest BCUT2D eigenvalue weighted by Gasteiger charge is -2.36. The van der Waals surface area contributed by atoms with Crippen LogP contribution in [0.25, 0.3) is 10.9 Å². The van der Waals surface area contributed by atoms with Crippen LogP contribution in [0.15, 0.2) is 21.5 Å². The molecule has 9 heteroatoms. The number of aromatic nitrogens is 1. The number of hydrogen-bond acceptors (Lipinski definition) is 5. The lowest BCUT2D eigenvalue weighted by Crippen LogP contribution is -2.48. The van der Waals surface area contributed by atoms with Gasteiger partial charge in [-0.3, -0.25) is 9.59 Å². The van der Waals surface area contributed by atoms with E-state index in [2.05, 4.69) is 15.9 Å². The molecule has 2 heterocycles. The summed E-state index contributed by atoms with van der Waals surface area (Å²) in [5.41, 5.74) is 0.313. The SMILES string of the molecule is COC(=O)c1cn(C2CC2)c2c(Br)c(N3CCN(C(C)=O)CC3)c(F)cc2c1=O. The Bertz CT molecular complexity index is 1070. The zero-order chi connectivity index (χ0) is 20.9. The summed E-state index contributed by atoms with van der Waals surface area (Å²) < 4.78 is 22.2. The number of halogens is 2. The van der Waals surface area contributed by atoms with Crippen LogP contribution in [0.2, 0.25) is 0 Å². The van der Waals surface area contributed by atoms with E-state index in [0.717, 1.165) is 12.8 Å². The number of nitrogens with zero attached hydrogens (tertiary/aromatic N) is 3. The van der Waals surface area contributed by atoms with Crippen LogP contribution in [0.4, 0.5) is 10.1 Å². The van der Waals surface area contributed by atoms with Crippen molar-refractivity contribution in [1.29, 1.82) is 0 Å². The van der Waals surface area contributed by atoms with Gasteiger partial charge in [0.05, 0.1) is 28.2 Å². The van der Waals surface area contributed by atoms with Gasteiger partial charge in [0, 0.05) is 45.3 Å². The van der Waals surface area contributed by atoms with E-state index in [1.165, 1.54) is 26.3 Å². The fourth-order valence-electron chi connectivity index (χ4n) is 3.86. The Hall–Kier alpha value is -2.42. The van der Waals surface area contributed by atoms with E-state index in [0.29, 0.717) is 41.9 Å². The van der Waals surface area contributed by atoms with Crippen LogP contribution >= 0.6 is 15.9 Å². The summed E-state index contributed by atoms with van der Waals surface area (Å²) in [7, 11) is 1.22. The van der Waals surface area contributed by atoms with Crippen molar-refractivity contribution in [2.24, 2.45) is 0 Å². The maximum Gasteiger partial charge on any atom is 0.343 e. The number of anilines is 1. The number of rotatable bonds is 3. The minimum atomic E-state index is -0.729. The molecular formula is C20H21BrFN3O4. The Labute approximate surface area is 175 Å². The quantitative estimate of drug-likeness (QED) is 0.651. The van der Waals surface area contributed by atoms with Gasteiger partial charge < -0.3 is 19.1 Å². The van der Waals surface area contributed by atoms with Gasteiger partial charge in [-0.05, 0) is 34.8 Å². The number of esters is 1. The molecule has 2 aromatic rings. The van der Waals surface area contributed by atoms with Crippen LogP contribution in [0.3, 0.4) is 0 Å². The maximum atomic E-state index is 15.1. The van der Waals surface area contributed by atoms with E-state index >= 15 is 4.39 Å². The van der Waals surface area contributed by atoms with Crippen LogP contribution in [-0.2, 0) is 9.53 Å². The lowest BCUT2D eigenvalue weighted by molar-refractivity contribution is -0.129. The van der Waals surface area contributed by atoms with Gasteiger partial charge in [-0.1, -0.05) is 0 Å². The summed E-state index contributed by atoms with van der Waals surface area (Å²) in [4.78, 5) is 40.1. The van der Waals surface area contributed by atoms with Crippen LogP contribution < -0.4 is 10.3 Å². The van der Waals surface area contributed by atoms with Crippen molar-refractivity contribution in [3.63, 3.8) is 0 Å². The minimum absolute atomic E-state index is 0.000565. The van der Waals surface area contributed by atoms with Crippen molar-refractivity contribution >= 4 is 44.4 Å². The molecule has 0 atom stereocenters. The molecule has 2 fully saturated rings. The fraction of sp³-hybridized carbons (Fsp3) is 0.450. The van der Waals surface area contributed by atoms with Crippen molar-refractivity contribution in [2.75, 3.05) is 38.2 Å². The third kappa shape index (κ3) is 3.41. The summed E-state index contributed by atoms with van der Waals surface area (Å²) in [5, 5.41) is 0.148. The van der Waals surface area contributed by atoms with Gasteiger partial charge in [0.25, 0.3) is 0 Å². The molecule has 154 valence electrons. The van der Waals surface area contributed by atoms with Crippen LogP contribution in [0.1, 0.15) is 36.2 Å². The van der Waals surface area contributed by atoms with Crippen LogP contribution in [0.5, 0.6) is 0 Å². The molecule has 0 unspecified atom stereocenters. The smallest absolute Gasteiger partial charge is 0.343 e. The molecule has 1 aromatic carbocycles.